The fourth-order valence-corrected chi connectivity index (χ4v) is 4.18. The second-order valence-electron chi connectivity index (χ2n) is 5.00. The molecule has 0 aliphatic carbocycles. The number of aromatic nitrogens is 1. The minimum absolute atomic E-state index is 0.179. The minimum Gasteiger partial charge on any atom is -0.309 e. The zero-order chi connectivity index (χ0) is 14.8. The standard InChI is InChI=1S/C16H17FN2S2/c1-3-18-14(8-13-9-20-10(2)19-13)16-7-11-6-12(17)4-5-15(11)21-16/h4-7,9,14,18H,3,8H2,1-2H3. The maximum Gasteiger partial charge on any atom is 0.123 e. The lowest BCUT2D eigenvalue weighted by atomic mass is 10.1. The molecule has 21 heavy (non-hydrogen) atoms. The Kier molecular flexibility index (Phi) is 4.33. The Hall–Kier alpha value is -1.30. The number of likely N-dealkylation sites (N-methyl/N-ethyl adjacent to an activating group) is 1. The summed E-state index contributed by atoms with van der Waals surface area (Å²) in [4.78, 5) is 5.79. The molecule has 1 aromatic carbocycles. The van der Waals surface area contributed by atoms with Crippen molar-refractivity contribution in [2.24, 2.45) is 0 Å². The highest BCUT2D eigenvalue weighted by molar-refractivity contribution is 7.19. The van der Waals surface area contributed by atoms with Crippen molar-refractivity contribution in [3.8, 4) is 0 Å². The van der Waals surface area contributed by atoms with Gasteiger partial charge in [0.25, 0.3) is 0 Å². The van der Waals surface area contributed by atoms with Gasteiger partial charge in [0.15, 0.2) is 0 Å². The zero-order valence-corrected chi connectivity index (χ0v) is 13.7. The van der Waals surface area contributed by atoms with Gasteiger partial charge in [0.2, 0.25) is 0 Å². The van der Waals surface area contributed by atoms with E-state index in [0.717, 1.165) is 33.8 Å². The van der Waals surface area contributed by atoms with Crippen molar-refractivity contribution in [1.29, 1.82) is 0 Å². The number of fused-ring (bicyclic) bond motifs is 1. The monoisotopic (exact) mass is 320 g/mol. The lowest BCUT2D eigenvalue weighted by Gasteiger charge is -2.14. The van der Waals surface area contributed by atoms with Gasteiger partial charge in [-0.1, -0.05) is 6.92 Å². The second-order valence-corrected chi connectivity index (χ2v) is 7.18. The highest BCUT2D eigenvalue weighted by Crippen LogP contribution is 2.32. The molecule has 3 aromatic rings. The molecule has 0 saturated carbocycles. The van der Waals surface area contributed by atoms with E-state index >= 15 is 0 Å². The molecular formula is C16H17FN2S2. The SMILES string of the molecule is CCNC(Cc1csc(C)n1)c1cc2cc(F)ccc2s1. The number of benzene rings is 1. The van der Waals surface area contributed by atoms with E-state index in [0.29, 0.717) is 0 Å². The molecule has 2 nitrogen and oxygen atoms in total. The van der Waals surface area contributed by atoms with E-state index in [1.807, 2.05) is 13.0 Å². The fraction of sp³-hybridized carbons (Fsp3) is 0.312. The molecule has 5 heteroatoms. The van der Waals surface area contributed by atoms with Crippen LogP contribution in [0.2, 0.25) is 0 Å². The van der Waals surface area contributed by atoms with Gasteiger partial charge in [-0.25, -0.2) is 9.37 Å². The third-order valence-corrected chi connectivity index (χ3v) is 5.42. The van der Waals surface area contributed by atoms with Crippen molar-refractivity contribution in [1.82, 2.24) is 10.3 Å². The van der Waals surface area contributed by atoms with Gasteiger partial charge in [0, 0.05) is 27.4 Å². The average molecular weight is 320 g/mol. The quantitative estimate of drug-likeness (QED) is 0.737. The minimum atomic E-state index is -0.179. The van der Waals surface area contributed by atoms with Crippen LogP contribution in [0.4, 0.5) is 4.39 Å². The average Bonchev–Trinajstić information content (AvgIpc) is 3.04. The third-order valence-electron chi connectivity index (χ3n) is 3.37. The van der Waals surface area contributed by atoms with Crippen LogP contribution in [0, 0.1) is 12.7 Å². The lowest BCUT2D eigenvalue weighted by Crippen LogP contribution is -2.22. The Morgan fingerprint density at radius 2 is 2.19 bits per heavy atom. The number of rotatable bonds is 5. The van der Waals surface area contributed by atoms with Crippen LogP contribution in [0.5, 0.6) is 0 Å². The molecule has 0 aliphatic heterocycles. The Morgan fingerprint density at radius 3 is 2.90 bits per heavy atom. The van der Waals surface area contributed by atoms with Crippen LogP contribution in [0.15, 0.2) is 29.6 Å². The Labute approximate surface area is 131 Å². The van der Waals surface area contributed by atoms with Gasteiger partial charge in [0.05, 0.1) is 10.7 Å². The number of halogens is 1. The Bertz CT molecular complexity index is 748. The first-order valence-corrected chi connectivity index (χ1v) is 8.68. The Balaban J connectivity index is 1.90. The summed E-state index contributed by atoms with van der Waals surface area (Å²) in [6.45, 7) is 5.03. The zero-order valence-electron chi connectivity index (χ0n) is 12.0. The highest BCUT2D eigenvalue weighted by atomic mass is 32.1. The topological polar surface area (TPSA) is 24.9 Å². The van der Waals surface area contributed by atoms with E-state index in [-0.39, 0.29) is 11.9 Å². The molecule has 3 rings (SSSR count). The summed E-state index contributed by atoms with van der Waals surface area (Å²) < 4.78 is 14.5. The molecular weight excluding hydrogens is 303 g/mol. The first-order valence-electron chi connectivity index (χ1n) is 6.99. The van der Waals surface area contributed by atoms with Gasteiger partial charge in [-0.2, -0.15) is 0 Å². The van der Waals surface area contributed by atoms with E-state index in [9.17, 15) is 4.39 Å². The summed E-state index contributed by atoms with van der Waals surface area (Å²) in [7, 11) is 0. The largest absolute Gasteiger partial charge is 0.309 e. The van der Waals surface area contributed by atoms with Gasteiger partial charge in [-0.15, -0.1) is 22.7 Å². The molecule has 0 saturated heterocycles. The number of nitrogens with one attached hydrogen (secondary N) is 1. The normalized spacial score (nSPS) is 12.9. The van der Waals surface area contributed by atoms with Crippen LogP contribution >= 0.6 is 22.7 Å². The third kappa shape index (κ3) is 3.31. The van der Waals surface area contributed by atoms with E-state index in [1.54, 1.807) is 28.7 Å². The van der Waals surface area contributed by atoms with Gasteiger partial charge in [-0.05, 0) is 43.1 Å². The molecule has 110 valence electrons. The number of nitrogens with zero attached hydrogens (tertiary/aromatic N) is 1. The van der Waals surface area contributed by atoms with Crippen molar-refractivity contribution in [2.45, 2.75) is 26.3 Å². The van der Waals surface area contributed by atoms with Gasteiger partial charge < -0.3 is 5.32 Å². The summed E-state index contributed by atoms with van der Waals surface area (Å²) in [5.74, 6) is -0.179. The molecule has 1 unspecified atom stereocenters. The molecule has 0 radical (unpaired) electrons. The molecule has 0 aliphatic rings. The first-order chi connectivity index (χ1) is 10.2. The van der Waals surface area contributed by atoms with Crippen molar-refractivity contribution >= 4 is 32.8 Å². The van der Waals surface area contributed by atoms with Crippen molar-refractivity contribution in [2.75, 3.05) is 6.54 Å². The van der Waals surface area contributed by atoms with Crippen LogP contribution < -0.4 is 5.32 Å². The van der Waals surface area contributed by atoms with Crippen molar-refractivity contribution in [3.63, 3.8) is 0 Å². The summed E-state index contributed by atoms with van der Waals surface area (Å²) in [6.07, 6.45) is 0.869. The predicted molar refractivity (Wildman–Crippen MR) is 88.8 cm³/mol. The van der Waals surface area contributed by atoms with Crippen molar-refractivity contribution < 1.29 is 4.39 Å². The van der Waals surface area contributed by atoms with Crippen LogP contribution in [0.1, 0.15) is 28.5 Å². The summed E-state index contributed by atoms with van der Waals surface area (Å²) in [5, 5.41) is 7.71. The smallest absolute Gasteiger partial charge is 0.123 e. The van der Waals surface area contributed by atoms with Crippen LogP contribution in [-0.2, 0) is 6.42 Å². The van der Waals surface area contributed by atoms with Gasteiger partial charge in [0.1, 0.15) is 5.82 Å². The molecule has 1 N–H and O–H groups in total. The van der Waals surface area contributed by atoms with Gasteiger partial charge in [-0.3, -0.25) is 0 Å². The summed E-state index contributed by atoms with van der Waals surface area (Å²) in [6, 6.07) is 7.31. The molecule has 0 amide bonds. The number of aryl methyl sites for hydroxylation is 1. The molecule has 1 atom stereocenters. The number of hydrogen-bond acceptors (Lipinski definition) is 4. The van der Waals surface area contributed by atoms with E-state index in [4.69, 9.17) is 0 Å². The Morgan fingerprint density at radius 1 is 1.33 bits per heavy atom. The van der Waals surface area contributed by atoms with E-state index in [1.165, 1.54) is 10.9 Å². The number of thiophene rings is 1. The molecule has 0 bridgehead atoms. The van der Waals surface area contributed by atoms with Crippen LogP contribution in [0.25, 0.3) is 10.1 Å². The number of hydrogen-bond donors (Lipinski definition) is 1. The second kappa shape index (κ2) is 6.22. The fourth-order valence-electron chi connectivity index (χ4n) is 2.44. The molecule has 2 aromatic heterocycles. The number of thiazole rings is 1. The first kappa shape index (κ1) is 14.6. The lowest BCUT2D eigenvalue weighted by molar-refractivity contribution is 0.553. The van der Waals surface area contributed by atoms with Crippen molar-refractivity contribution in [3.05, 3.63) is 51.0 Å². The van der Waals surface area contributed by atoms with Crippen LogP contribution in [0.3, 0.4) is 0 Å². The summed E-state index contributed by atoms with van der Waals surface area (Å²) >= 11 is 3.41. The summed E-state index contributed by atoms with van der Waals surface area (Å²) in [5.41, 5.74) is 1.12. The maximum atomic E-state index is 13.3. The molecule has 0 fully saturated rings. The predicted octanol–water partition coefficient (Wildman–Crippen LogP) is 4.70. The molecule has 2 heterocycles. The van der Waals surface area contributed by atoms with E-state index in [2.05, 4.69) is 28.7 Å². The van der Waals surface area contributed by atoms with Crippen LogP contribution in [-0.4, -0.2) is 11.5 Å². The highest BCUT2D eigenvalue weighted by Gasteiger charge is 2.16. The van der Waals surface area contributed by atoms with Gasteiger partial charge >= 0.3 is 0 Å². The molecule has 0 spiro atoms. The maximum absolute atomic E-state index is 13.3. The van der Waals surface area contributed by atoms with E-state index < -0.39 is 0 Å².